The minimum Gasteiger partial charge on any atom is -0.448 e. The van der Waals surface area contributed by atoms with Gasteiger partial charge in [0.05, 0.1) is 0 Å². The average molecular weight is 839 g/mol. The van der Waals surface area contributed by atoms with Crippen molar-refractivity contribution in [1.82, 2.24) is 30.4 Å². The summed E-state index contributed by atoms with van der Waals surface area (Å²) in [5.74, 6) is -1.14. The summed E-state index contributed by atoms with van der Waals surface area (Å²) in [7, 11) is 0. The van der Waals surface area contributed by atoms with Gasteiger partial charge in [-0.05, 0) is 92.2 Å². The van der Waals surface area contributed by atoms with Crippen LogP contribution in [0.2, 0.25) is 5.15 Å². The van der Waals surface area contributed by atoms with E-state index in [2.05, 4.69) is 44.9 Å². The molecule has 0 spiro atoms. The van der Waals surface area contributed by atoms with Crippen molar-refractivity contribution in [2.45, 2.75) is 64.9 Å². The van der Waals surface area contributed by atoms with Crippen LogP contribution in [0.1, 0.15) is 78.7 Å². The van der Waals surface area contributed by atoms with Gasteiger partial charge in [-0.15, -0.1) is 0 Å². The molecule has 1 fully saturated rings. The Morgan fingerprint density at radius 1 is 0.900 bits per heavy atom. The number of hydrogen-bond acceptors (Lipinski definition) is 10. The van der Waals surface area contributed by atoms with Gasteiger partial charge in [-0.3, -0.25) is 9.59 Å². The lowest BCUT2D eigenvalue weighted by atomic mass is 9.93. The summed E-state index contributed by atoms with van der Waals surface area (Å²) in [5, 5.41) is 5.48. The lowest BCUT2D eigenvalue weighted by Gasteiger charge is -2.36. The molecular formula is C45H55ClN8O6. The van der Waals surface area contributed by atoms with Crippen LogP contribution in [0.5, 0.6) is 0 Å². The maximum absolute atomic E-state index is 14.4. The lowest BCUT2D eigenvalue weighted by molar-refractivity contribution is -0.132. The predicted octanol–water partition coefficient (Wildman–Crippen LogP) is 6.60. The zero-order valence-corrected chi connectivity index (χ0v) is 35.5. The number of carbonyl (C=O) groups is 4. The van der Waals surface area contributed by atoms with E-state index >= 15 is 0 Å². The highest BCUT2D eigenvalue weighted by atomic mass is 35.5. The Bertz CT molecular complexity index is 2140. The van der Waals surface area contributed by atoms with Crippen LogP contribution >= 0.6 is 11.6 Å². The Labute approximate surface area is 356 Å². The molecule has 1 aliphatic heterocycles. The van der Waals surface area contributed by atoms with Crippen molar-refractivity contribution >= 4 is 47.2 Å². The number of hydrogen-bond donors (Lipinski definition) is 4. The molecule has 0 bridgehead atoms. The fraction of sp³-hybridized carbons (Fsp3) is 0.422. The molecule has 14 nitrogen and oxygen atoms in total. The number of anilines is 2. The fourth-order valence-electron chi connectivity index (χ4n) is 7.92. The topological polar surface area (TPSA) is 195 Å². The van der Waals surface area contributed by atoms with Gasteiger partial charge in [0.1, 0.15) is 12.2 Å². The molecule has 318 valence electrons. The monoisotopic (exact) mass is 838 g/mol. The number of aromatic nitrogens is 2. The van der Waals surface area contributed by atoms with Gasteiger partial charge in [0.25, 0.3) is 5.91 Å². The number of ether oxygens (including phenoxy) is 2. The number of aryl methyl sites for hydroxylation is 1. The summed E-state index contributed by atoms with van der Waals surface area (Å²) >= 11 is 6.09. The summed E-state index contributed by atoms with van der Waals surface area (Å²) in [6.07, 6.45) is 1.04. The number of amides is 4. The molecule has 4 aromatic rings. The van der Waals surface area contributed by atoms with E-state index < -0.39 is 23.7 Å². The van der Waals surface area contributed by atoms with E-state index in [0.29, 0.717) is 38.9 Å². The highest BCUT2D eigenvalue weighted by Crippen LogP contribution is 2.44. The molecule has 1 aliphatic carbocycles. The molecule has 1 saturated heterocycles. The van der Waals surface area contributed by atoms with Crippen LogP contribution < -0.4 is 22.1 Å². The molecule has 15 heteroatoms. The number of fused-ring (bicyclic) bond motifs is 3. The molecule has 60 heavy (non-hydrogen) atoms. The number of likely N-dealkylation sites (tertiary alicyclic amines) is 1. The van der Waals surface area contributed by atoms with E-state index in [-0.39, 0.29) is 78.8 Å². The highest BCUT2D eigenvalue weighted by molar-refractivity contribution is 6.31. The second-order valence-corrected chi connectivity index (χ2v) is 16.9. The first kappa shape index (κ1) is 43.7. The van der Waals surface area contributed by atoms with Gasteiger partial charge in [0.15, 0.2) is 22.5 Å². The fourth-order valence-corrected chi connectivity index (χ4v) is 8.05. The van der Waals surface area contributed by atoms with Gasteiger partial charge in [0.2, 0.25) is 5.91 Å². The minimum absolute atomic E-state index is 0.0559. The molecule has 6 N–H and O–H groups in total. The summed E-state index contributed by atoms with van der Waals surface area (Å²) in [4.78, 5) is 64.6. The number of benzene rings is 3. The van der Waals surface area contributed by atoms with E-state index in [0.717, 1.165) is 33.4 Å². The Hall–Kier alpha value is -5.89. The first-order valence-electron chi connectivity index (χ1n) is 20.4. The van der Waals surface area contributed by atoms with Crippen molar-refractivity contribution in [1.29, 1.82) is 0 Å². The Morgan fingerprint density at radius 3 is 2.18 bits per heavy atom. The number of halogens is 1. The molecule has 4 amide bonds. The molecule has 2 aliphatic rings. The van der Waals surface area contributed by atoms with Crippen LogP contribution in [-0.2, 0) is 20.7 Å². The smallest absolute Gasteiger partial charge is 0.409 e. The van der Waals surface area contributed by atoms with Crippen LogP contribution in [0, 0.1) is 18.8 Å². The van der Waals surface area contributed by atoms with Gasteiger partial charge in [0, 0.05) is 51.6 Å². The number of alkyl carbamates (subject to hydrolysis) is 1. The third-order valence-electron chi connectivity index (χ3n) is 11.0. The van der Waals surface area contributed by atoms with Crippen LogP contribution in [-0.4, -0.2) is 95.2 Å². The lowest BCUT2D eigenvalue weighted by Crippen LogP contribution is -2.46. The standard InChI is InChI=1S/C45H55ClN8O6/c1-28-11-5-6-12-31(28)23-30(24-50-42(56)38-40(47)52-41(48)39(46)51-38)26-54(25-29-18-21-53(22-19-29)37(55)17-20-49-43(57)60-45(2,3)4)44(58)59-27-36-34-15-9-7-13-32(34)33-14-8-10-16-35(33)36/h5-16,29-30,36H,17-27H2,1-4H3,(H,49,57)(H,50,56)(H4,47,48,52)/t30-/m0/s1. The zero-order chi connectivity index (χ0) is 43.0. The molecule has 1 aromatic heterocycles. The summed E-state index contributed by atoms with van der Waals surface area (Å²) < 4.78 is 11.5. The molecular weight excluding hydrogens is 784 g/mol. The Kier molecular flexibility index (Phi) is 14.2. The van der Waals surface area contributed by atoms with Gasteiger partial charge in [-0.25, -0.2) is 19.6 Å². The van der Waals surface area contributed by atoms with E-state index in [4.69, 9.17) is 32.5 Å². The van der Waals surface area contributed by atoms with Crippen molar-refractivity contribution < 1.29 is 28.7 Å². The summed E-state index contributed by atoms with van der Waals surface area (Å²) in [5.41, 5.74) is 17.6. The predicted molar refractivity (Wildman–Crippen MR) is 231 cm³/mol. The van der Waals surface area contributed by atoms with Crippen molar-refractivity contribution in [3.63, 3.8) is 0 Å². The molecule has 0 radical (unpaired) electrons. The maximum Gasteiger partial charge on any atom is 0.409 e. The number of piperidine rings is 1. The Balaban J connectivity index is 1.17. The van der Waals surface area contributed by atoms with E-state index in [9.17, 15) is 19.2 Å². The highest BCUT2D eigenvalue weighted by Gasteiger charge is 2.32. The average Bonchev–Trinajstić information content (AvgIpc) is 3.53. The first-order valence-corrected chi connectivity index (χ1v) is 20.8. The summed E-state index contributed by atoms with van der Waals surface area (Å²) in [6, 6.07) is 24.4. The van der Waals surface area contributed by atoms with Crippen LogP contribution in [0.25, 0.3) is 11.1 Å². The van der Waals surface area contributed by atoms with Gasteiger partial charge >= 0.3 is 12.2 Å². The number of nitrogens with two attached hydrogens (primary N) is 2. The van der Waals surface area contributed by atoms with Gasteiger partial charge < -0.3 is 41.4 Å². The molecule has 1 atom stereocenters. The SMILES string of the molecule is Cc1ccccc1C[C@@H](CNC(=O)c1nc(Cl)c(N)nc1N)CN(CC1CCN(C(=O)CCNC(=O)OC(C)(C)C)CC1)C(=O)OCC1c2ccccc2-c2ccccc21. The number of rotatable bonds is 14. The van der Waals surface area contributed by atoms with Crippen molar-refractivity contribution in [2.24, 2.45) is 11.8 Å². The summed E-state index contributed by atoms with van der Waals surface area (Å²) in [6.45, 7) is 9.58. The van der Waals surface area contributed by atoms with Crippen LogP contribution in [0.15, 0.2) is 72.8 Å². The molecule has 6 rings (SSSR count). The quantitative estimate of drug-likeness (QED) is 0.108. The molecule has 0 saturated carbocycles. The van der Waals surface area contributed by atoms with E-state index in [1.165, 1.54) is 0 Å². The van der Waals surface area contributed by atoms with Crippen molar-refractivity contribution in [3.8, 4) is 11.1 Å². The molecule has 0 unspecified atom stereocenters. The molecule has 3 aromatic carbocycles. The maximum atomic E-state index is 14.4. The van der Waals surface area contributed by atoms with Gasteiger partial charge in [-0.2, -0.15) is 0 Å². The second-order valence-electron chi connectivity index (χ2n) is 16.6. The van der Waals surface area contributed by atoms with E-state index in [1.54, 1.807) is 30.6 Å². The van der Waals surface area contributed by atoms with E-state index in [1.807, 2.05) is 55.5 Å². The third kappa shape index (κ3) is 11.2. The second kappa shape index (κ2) is 19.4. The normalized spacial score (nSPS) is 14.4. The number of nitrogens with zero attached hydrogens (tertiary/aromatic N) is 4. The van der Waals surface area contributed by atoms with Crippen LogP contribution in [0.3, 0.4) is 0 Å². The van der Waals surface area contributed by atoms with Crippen LogP contribution in [0.4, 0.5) is 21.2 Å². The number of nitrogens with one attached hydrogen (secondary N) is 2. The molecule has 2 heterocycles. The number of nitrogen functional groups attached to an aromatic ring is 2. The zero-order valence-electron chi connectivity index (χ0n) is 34.7. The van der Waals surface area contributed by atoms with Crippen molar-refractivity contribution in [3.05, 3.63) is 106 Å². The first-order chi connectivity index (χ1) is 28.7. The van der Waals surface area contributed by atoms with Crippen molar-refractivity contribution in [2.75, 3.05) is 57.3 Å². The van der Waals surface area contributed by atoms with Gasteiger partial charge in [-0.1, -0.05) is 84.4 Å². The number of carbonyl (C=O) groups excluding carboxylic acids is 4. The minimum atomic E-state index is -0.631. The third-order valence-corrected chi connectivity index (χ3v) is 11.2. The largest absolute Gasteiger partial charge is 0.448 e. The Morgan fingerprint density at radius 2 is 1.53 bits per heavy atom.